The van der Waals surface area contributed by atoms with E-state index >= 15 is 0 Å². The van der Waals surface area contributed by atoms with Crippen LogP contribution in [0.25, 0.3) is 10.6 Å². The second kappa shape index (κ2) is 6.12. The van der Waals surface area contributed by atoms with E-state index < -0.39 is 0 Å². The van der Waals surface area contributed by atoms with Crippen LogP contribution in [-0.2, 0) is 0 Å². The zero-order valence-electron chi connectivity index (χ0n) is 11.5. The van der Waals surface area contributed by atoms with Gasteiger partial charge in [-0.1, -0.05) is 37.3 Å². The fourth-order valence-electron chi connectivity index (χ4n) is 1.99. The van der Waals surface area contributed by atoms with Crippen molar-refractivity contribution in [1.82, 2.24) is 15.5 Å². The van der Waals surface area contributed by atoms with Crippen LogP contribution in [0.1, 0.15) is 36.9 Å². The molecule has 1 aromatic heterocycles. The van der Waals surface area contributed by atoms with E-state index in [4.69, 9.17) is 0 Å². The molecular weight excluding hydrogens is 258 g/mol. The first-order chi connectivity index (χ1) is 9.17. The van der Waals surface area contributed by atoms with E-state index in [2.05, 4.69) is 29.4 Å². The molecule has 5 heteroatoms. The maximum absolute atomic E-state index is 9.75. The molecule has 1 heterocycles. The molecule has 2 rings (SSSR count). The molecule has 0 spiro atoms. The third kappa shape index (κ3) is 2.93. The van der Waals surface area contributed by atoms with E-state index in [1.807, 2.05) is 19.1 Å². The molecule has 0 aliphatic heterocycles. The highest BCUT2D eigenvalue weighted by atomic mass is 32.1. The zero-order chi connectivity index (χ0) is 13.8. The first kappa shape index (κ1) is 14.0. The van der Waals surface area contributed by atoms with Crippen molar-refractivity contribution in [2.24, 2.45) is 0 Å². The van der Waals surface area contributed by atoms with Crippen LogP contribution >= 0.6 is 11.3 Å². The number of benzene rings is 1. The summed E-state index contributed by atoms with van der Waals surface area (Å²) in [4.78, 5) is 0. The molecule has 2 N–H and O–H groups in total. The van der Waals surface area contributed by atoms with E-state index in [1.165, 1.54) is 0 Å². The SMILES string of the molecule is CCNC(CC)c1nnc(-c2cccc(O)c2C)s1. The zero-order valence-corrected chi connectivity index (χ0v) is 12.3. The van der Waals surface area contributed by atoms with Crippen LogP contribution in [0.4, 0.5) is 0 Å². The third-order valence-electron chi connectivity index (χ3n) is 3.13. The van der Waals surface area contributed by atoms with Gasteiger partial charge in [-0.2, -0.15) is 0 Å². The van der Waals surface area contributed by atoms with Crippen molar-refractivity contribution in [1.29, 1.82) is 0 Å². The number of aromatic nitrogens is 2. The van der Waals surface area contributed by atoms with Crippen molar-refractivity contribution < 1.29 is 5.11 Å². The Kier molecular flexibility index (Phi) is 4.50. The molecule has 0 saturated carbocycles. The number of phenolic OH excluding ortho intramolecular Hbond substituents is 1. The maximum Gasteiger partial charge on any atom is 0.148 e. The standard InChI is InChI=1S/C14H19N3OS/c1-4-11(15-5-2)14-17-16-13(19-14)10-7-6-8-12(18)9(10)3/h6-8,11,15,18H,4-5H2,1-3H3. The van der Waals surface area contributed by atoms with Crippen LogP contribution in [0.15, 0.2) is 18.2 Å². The number of hydrogen-bond donors (Lipinski definition) is 2. The highest BCUT2D eigenvalue weighted by molar-refractivity contribution is 7.14. The number of aromatic hydroxyl groups is 1. The molecule has 0 saturated heterocycles. The summed E-state index contributed by atoms with van der Waals surface area (Å²) in [6.07, 6.45) is 0.988. The Morgan fingerprint density at radius 1 is 1.32 bits per heavy atom. The van der Waals surface area contributed by atoms with Gasteiger partial charge >= 0.3 is 0 Å². The largest absolute Gasteiger partial charge is 0.508 e. The number of phenols is 1. The highest BCUT2D eigenvalue weighted by Crippen LogP contribution is 2.33. The normalized spacial score (nSPS) is 12.6. The molecular formula is C14H19N3OS. The number of hydrogen-bond acceptors (Lipinski definition) is 5. The maximum atomic E-state index is 9.75. The van der Waals surface area contributed by atoms with Gasteiger partial charge in [-0.15, -0.1) is 10.2 Å². The third-order valence-corrected chi connectivity index (χ3v) is 4.20. The Hall–Kier alpha value is -1.46. The lowest BCUT2D eigenvalue weighted by atomic mass is 10.1. The molecule has 0 amide bonds. The van der Waals surface area contributed by atoms with Crippen LogP contribution < -0.4 is 5.32 Å². The molecule has 4 nitrogen and oxygen atoms in total. The Bertz CT molecular complexity index is 553. The van der Waals surface area contributed by atoms with Crippen LogP contribution in [0.3, 0.4) is 0 Å². The lowest BCUT2D eigenvalue weighted by molar-refractivity contribution is 0.471. The van der Waals surface area contributed by atoms with Gasteiger partial charge in [0.15, 0.2) is 0 Å². The smallest absolute Gasteiger partial charge is 0.148 e. The lowest BCUT2D eigenvalue weighted by Crippen LogP contribution is -2.19. The van der Waals surface area contributed by atoms with Crippen molar-refractivity contribution >= 4 is 11.3 Å². The predicted octanol–water partition coefficient (Wildman–Crippen LogP) is 3.28. The first-order valence-electron chi connectivity index (χ1n) is 6.53. The molecule has 0 fully saturated rings. The Morgan fingerprint density at radius 2 is 2.11 bits per heavy atom. The summed E-state index contributed by atoms with van der Waals surface area (Å²) in [5.74, 6) is 0.299. The minimum Gasteiger partial charge on any atom is -0.508 e. The first-order valence-corrected chi connectivity index (χ1v) is 7.34. The summed E-state index contributed by atoms with van der Waals surface area (Å²) < 4.78 is 0. The topological polar surface area (TPSA) is 58.0 Å². The van der Waals surface area contributed by atoms with E-state index in [9.17, 15) is 5.11 Å². The van der Waals surface area contributed by atoms with Crippen LogP contribution in [0.2, 0.25) is 0 Å². The van der Waals surface area contributed by atoms with Gasteiger partial charge in [0.25, 0.3) is 0 Å². The summed E-state index contributed by atoms with van der Waals surface area (Å²) in [6, 6.07) is 5.75. The Balaban J connectivity index is 2.32. The van der Waals surface area contributed by atoms with E-state index in [0.717, 1.165) is 34.1 Å². The van der Waals surface area contributed by atoms with Gasteiger partial charge in [0.2, 0.25) is 0 Å². The van der Waals surface area contributed by atoms with Gasteiger partial charge < -0.3 is 10.4 Å². The van der Waals surface area contributed by atoms with Gasteiger partial charge in [0.1, 0.15) is 15.8 Å². The summed E-state index contributed by atoms with van der Waals surface area (Å²) >= 11 is 1.59. The Morgan fingerprint density at radius 3 is 2.79 bits per heavy atom. The van der Waals surface area contributed by atoms with Gasteiger partial charge in [0.05, 0.1) is 6.04 Å². The summed E-state index contributed by atoms with van der Waals surface area (Å²) in [5, 5.41) is 23.5. The molecule has 0 aliphatic rings. The summed E-state index contributed by atoms with van der Waals surface area (Å²) in [7, 11) is 0. The Labute approximate surface area is 117 Å². The van der Waals surface area contributed by atoms with Crippen molar-refractivity contribution in [3.8, 4) is 16.3 Å². The van der Waals surface area contributed by atoms with Crippen LogP contribution in [0.5, 0.6) is 5.75 Å². The van der Waals surface area contributed by atoms with Gasteiger partial charge in [-0.25, -0.2) is 0 Å². The molecule has 1 unspecified atom stereocenters. The molecule has 1 atom stereocenters. The minimum atomic E-state index is 0.258. The van der Waals surface area contributed by atoms with Crippen molar-refractivity contribution in [2.75, 3.05) is 6.54 Å². The lowest BCUT2D eigenvalue weighted by Gasteiger charge is -2.11. The monoisotopic (exact) mass is 277 g/mol. The summed E-state index contributed by atoms with van der Waals surface area (Å²) in [6.45, 7) is 7.03. The predicted molar refractivity (Wildman–Crippen MR) is 78.5 cm³/mol. The fourth-order valence-corrected chi connectivity index (χ4v) is 3.08. The average molecular weight is 277 g/mol. The number of rotatable bonds is 5. The second-order valence-electron chi connectivity index (χ2n) is 4.41. The molecule has 0 aliphatic carbocycles. The second-order valence-corrected chi connectivity index (χ2v) is 5.42. The fraction of sp³-hybridized carbons (Fsp3) is 0.429. The quantitative estimate of drug-likeness (QED) is 0.880. The molecule has 102 valence electrons. The van der Waals surface area contributed by atoms with Crippen molar-refractivity contribution in [3.63, 3.8) is 0 Å². The van der Waals surface area contributed by atoms with Gasteiger partial charge in [-0.3, -0.25) is 0 Å². The van der Waals surface area contributed by atoms with Gasteiger partial charge in [0, 0.05) is 11.1 Å². The van der Waals surface area contributed by atoms with Crippen LogP contribution in [0, 0.1) is 6.92 Å². The van der Waals surface area contributed by atoms with E-state index in [-0.39, 0.29) is 6.04 Å². The van der Waals surface area contributed by atoms with Crippen molar-refractivity contribution in [3.05, 3.63) is 28.8 Å². The van der Waals surface area contributed by atoms with E-state index in [0.29, 0.717) is 5.75 Å². The summed E-state index contributed by atoms with van der Waals surface area (Å²) in [5.41, 5.74) is 1.80. The number of nitrogens with zero attached hydrogens (tertiary/aromatic N) is 2. The minimum absolute atomic E-state index is 0.258. The molecule has 0 radical (unpaired) electrons. The molecule has 2 aromatic rings. The highest BCUT2D eigenvalue weighted by Gasteiger charge is 2.16. The molecule has 1 aromatic carbocycles. The van der Waals surface area contributed by atoms with Crippen molar-refractivity contribution in [2.45, 2.75) is 33.2 Å². The average Bonchev–Trinajstić information content (AvgIpc) is 2.88. The molecule has 0 bridgehead atoms. The molecule has 19 heavy (non-hydrogen) atoms. The van der Waals surface area contributed by atoms with Crippen LogP contribution in [-0.4, -0.2) is 21.8 Å². The van der Waals surface area contributed by atoms with E-state index in [1.54, 1.807) is 17.4 Å². The van der Waals surface area contributed by atoms with Gasteiger partial charge in [-0.05, 0) is 26.0 Å². The number of nitrogens with one attached hydrogen (secondary N) is 1.